The molecule has 0 saturated heterocycles. The molecular weight excluding hydrogens is 346 g/mol. The minimum absolute atomic E-state index is 0.188. The third kappa shape index (κ3) is 4.16. The smallest absolute Gasteiger partial charge is 0.237 e. The van der Waals surface area contributed by atoms with Crippen LogP contribution >= 0.6 is 23.4 Å². The van der Waals surface area contributed by atoms with Gasteiger partial charge in [-0.3, -0.25) is 4.79 Å². The van der Waals surface area contributed by atoms with Crippen molar-refractivity contribution in [3.05, 3.63) is 47.3 Å². The number of nitrogens with one attached hydrogen (secondary N) is 1. The minimum atomic E-state index is -0.383. The van der Waals surface area contributed by atoms with E-state index in [9.17, 15) is 4.79 Å². The fraction of sp³-hybridized carbons (Fsp3) is 0.250. The Balaban J connectivity index is 2.06. The van der Waals surface area contributed by atoms with Crippen molar-refractivity contribution in [2.24, 2.45) is 0 Å². The van der Waals surface area contributed by atoms with Gasteiger partial charge in [-0.15, -0.1) is 16.8 Å². The lowest BCUT2D eigenvalue weighted by atomic mass is 10.2. The number of allylic oxidation sites excluding steroid dienone is 1. The highest BCUT2D eigenvalue weighted by atomic mass is 35.5. The van der Waals surface area contributed by atoms with E-state index < -0.39 is 0 Å². The molecular formula is C16H16ClN5OS. The number of anilines is 1. The van der Waals surface area contributed by atoms with Gasteiger partial charge in [-0.05, 0) is 32.0 Å². The van der Waals surface area contributed by atoms with E-state index in [4.69, 9.17) is 16.9 Å². The van der Waals surface area contributed by atoms with Crippen LogP contribution in [-0.4, -0.2) is 25.9 Å². The average Bonchev–Trinajstić information content (AvgIpc) is 2.88. The lowest BCUT2D eigenvalue weighted by Gasteiger charge is -2.12. The summed E-state index contributed by atoms with van der Waals surface area (Å²) in [4.78, 5) is 12.3. The van der Waals surface area contributed by atoms with E-state index in [1.54, 1.807) is 31.2 Å². The van der Waals surface area contributed by atoms with Crippen LogP contribution in [0.25, 0.3) is 0 Å². The minimum Gasteiger partial charge on any atom is -0.325 e. The van der Waals surface area contributed by atoms with Crippen LogP contribution in [0.3, 0.4) is 0 Å². The molecule has 0 aliphatic carbocycles. The number of aryl methyl sites for hydroxylation is 1. The number of hydrogen-bond donors (Lipinski definition) is 1. The van der Waals surface area contributed by atoms with Gasteiger partial charge >= 0.3 is 0 Å². The Bertz CT molecular complexity index is 811. The van der Waals surface area contributed by atoms with Crippen LogP contribution in [0.2, 0.25) is 5.02 Å². The van der Waals surface area contributed by atoms with Crippen LogP contribution in [0.15, 0.2) is 36.0 Å². The normalized spacial score (nSPS) is 11.6. The van der Waals surface area contributed by atoms with Crippen molar-refractivity contribution in [2.45, 2.75) is 30.8 Å². The van der Waals surface area contributed by atoms with Gasteiger partial charge in [-0.25, -0.2) is 0 Å². The first-order valence-electron chi connectivity index (χ1n) is 7.14. The number of aromatic nitrogens is 3. The molecule has 2 rings (SSSR count). The highest BCUT2D eigenvalue weighted by Crippen LogP contribution is 2.25. The number of thioether (sulfide) groups is 1. The quantitative estimate of drug-likeness (QED) is 0.629. The van der Waals surface area contributed by atoms with Gasteiger partial charge in [0.05, 0.1) is 15.8 Å². The van der Waals surface area contributed by atoms with E-state index in [2.05, 4.69) is 22.1 Å². The number of nitriles is 1. The van der Waals surface area contributed by atoms with E-state index >= 15 is 0 Å². The number of carbonyl (C=O) groups excluding carboxylic acids is 1. The Kier molecular flexibility index (Phi) is 6.01. The van der Waals surface area contributed by atoms with Crippen LogP contribution in [-0.2, 0) is 11.3 Å². The largest absolute Gasteiger partial charge is 0.325 e. The number of nitrogens with zero attached hydrogens (tertiary/aromatic N) is 4. The lowest BCUT2D eigenvalue weighted by molar-refractivity contribution is -0.115. The van der Waals surface area contributed by atoms with Gasteiger partial charge in [0.15, 0.2) is 5.16 Å². The lowest BCUT2D eigenvalue weighted by Crippen LogP contribution is -2.23. The van der Waals surface area contributed by atoms with Crippen LogP contribution in [0, 0.1) is 18.3 Å². The zero-order valence-electron chi connectivity index (χ0n) is 13.3. The molecule has 0 aliphatic rings. The summed E-state index contributed by atoms with van der Waals surface area (Å²) in [6.07, 6.45) is 1.75. The van der Waals surface area contributed by atoms with Gasteiger partial charge in [-0.1, -0.05) is 29.4 Å². The van der Waals surface area contributed by atoms with Crippen molar-refractivity contribution < 1.29 is 4.79 Å². The van der Waals surface area contributed by atoms with Gasteiger partial charge in [0.1, 0.15) is 11.9 Å². The summed E-state index contributed by atoms with van der Waals surface area (Å²) in [5.74, 6) is 0.579. The monoisotopic (exact) mass is 361 g/mol. The highest BCUT2D eigenvalue weighted by Gasteiger charge is 2.19. The van der Waals surface area contributed by atoms with E-state index in [0.29, 0.717) is 28.0 Å². The molecule has 6 nitrogen and oxygen atoms in total. The maximum absolute atomic E-state index is 12.3. The second-order valence-electron chi connectivity index (χ2n) is 4.98. The standard InChI is InChI=1S/C16H16ClN5OS/c1-4-7-22-11(3)20-21-16(22)24-10(2)15(23)19-13-6-5-12(9-18)14(17)8-13/h4-6,8,10H,1,7H2,2-3H3,(H,19,23). The molecule has 0 bridgehead atoms. The maximum Gasteiger partial charge on any atom is 0.237 e. The van der Waals surface area contributed by atoms with Gasteiger partial charge in [-0.2, -0.15) is 5.26 Å². The SMILES string of the molecule is C=CCn1c(C)nnc1SC(C)C(=O)Nc1ccc(C#N)c(Cl)c1. The molecule has 8 heteroatoms. The van der Waals surface area contributed by atoms with Crippen molar-refractivity contribution in [3.8, 4) is 6.07 Å². The van der Waals surface area contributed by atoms with Gasteiger partial charge < -0.3 is 9.88 Å². The summed E-state index contributed by atoms with van der Waals surface area (Å²) < 4.78 is 1.89. The molecule has 0 radical (unpaired) electrons. The van der Waals surface area contributed by atoms with E-state index in [1.807, 2.05) is 17.6 Å². The van der Waals surface area contributed by atoms with E-state index in [1.165, 1.54) is 11.8 Å². The molecule has 1 atom stereocenters. The average molecular weight is 362 g/mol. The number of benzene rings is 1. The second kappa shape index (κ2) is 7.99. The number of halogens is 1. The topological polar surface area (TPSA) is 83.6 Å². The molecule has 2 aromatic rings. The van der Waals surface area contributed by atoms with Crippen molar-refractivity contribution in [1.82, 2.24) is 14.8 Å². The predicted molar refractivity (Wildman–Crippen MR) is 95.1 cm³/mol. The number of hydrogen-bond acceptors (Lipinski definition) is 5. The van der Waals surface area contributed by atoms with E-state index in [0.717, 1.165) is 5.82 Å². The summed E-state index contributed by atoms with van der Waals surface area (Å²) in [6, 6.07) is 6.74. The second-order valence-corrected chi connectivity index (χ2v) is 6.70. The molecule has 1 aromatic heterocycles. The zero-order valence-corrected chi connectivity index (χ0v) is 14.9. The Morgan fingerprint density at radius 2 is 2.33 bits per heavy atom. The molecule has 0 saturated carbocycles. The third-order valence-corrected chi connectivity index (χ3v) is 4.62. The highest BCUT2D eigenvalue weighted by molar-refractivity contribution is 8.00. The summed E-state index contributed by atoms with van der Waals surface area (Å²) in [5.41, 5.74) is 0.908. The first kappa shape index (κ1) is 18.0. The molecule has 0 aliphatic heterocycles. The maximum atomic E-state index is 12.3. The molecule has 1 N–H and O–H groups in total. The van der Waals surface area contributed by atoms with Gasteiger partial charge in [0.25, 0.3) is 0 Å². The molecule has 124 valence electrons. The van der Waals surface area contributed by atoms with Crippen molar-refractivity contribution >= 4 is 35.0 Å². The first-order valence-corrected chi connectivity index (χ1v) is 8.40. The van der Waals surface area contributed by atoms with Gasteiger partial charge in [0, 0.05) is 12.2 Å². The van der Waals surface area contributed by atoms with Crippen molar-refractivity contribution in [3.63, 3.8) is 0 Å². The summed E-state index contributed by atoms with van der Waals surface area (Å²) in [6.45, 7) is 7.93. The zero-order chi connectivity index (χ0) is 17.7. The molecule has 24 heavy (non-hydrogen) atoms. The van der Waals surface area contributed by atoms with Crippen LogP contribution in [0.4, 0.5) is 5.69 Å². The van der Waals surface area contributed by atoms with Crippen molar-refractivity contribution in [2.75, 3.05) is 5.32 Å². The third-order valence-electron chi connectivity index (χ3n) is 3.22. The Hall–Kier alpha value is -2.30. The molecule has 0 spiro atoms. The van der Waals surface area contributed by atoms with Crippen LogP contribution < -0.4 is 5.32 Å². The fourth-order valence-corrected chi connectivity index (χ4v) is 3.05. The molecule has 1 amide bonds. The summed E-state index contributed by atoms with van der Waals surface area (Å²) >= 11 is 7.29. The van der Waals surface area contributed by atoms with Crippen LogP contribution in [0.5, 0.6) is 0 Å². The molecule has 1 unspecified atom stereocenters. The molecule has 0 fully saturated rings. The molecule has 1 heterocycles. The first-order chi connectivity index (χ1) is 11.5. The van der Waals surface area contributed by atoms with Gasteiger partial charge in [0.2, 0.25) is 5.91 Å². The Labute approximate surface area is 149 Å². The number of carbonyl (C=O) groups is 1. The van der Waals surface area contributed by atoms with Crippen LogP contribution in [0.1, 0.15) is 18.3 Å². The Morgan fingerprint density at radius 3 is 2.96 bits per heavy atom. The fourth-order valence-electron chi connectivity index (χ4n) is 1.93. The van der Waals surface area contributed by atoms with E-state index in [-0.39, 0.29) is 11.2 Å². The number of rotatable bonds is 6. The summed E-state index contributed by atoms with van der Waals surface area (Å²) in [7, 11) is 0. The Morgan fingerprint density at radius 1 is 1.58 bits per heavy atom. The molecule has 1 aromatic carbocycles. The summed E-state index contributed by atoms with van der Waals surface area (Å²) in [5, 5.41) is 20.3. The number of amides is 1. The predicted octanol–water partition coefficient (Wildman–Crippen LogP) is 3.42. The van der Waals surface area contributed by atoms with Crippen molar-refractivity contribution in [1.29, 1.82) is 5.26 Å².